The fourth-order valence-electron chi connectivity index (χ4n) is 3.33. The number of pyridine rings is 1. The molecule has 3 aromatic heterocycles. The molecule has 0 aliphatic heterocycles. The molecule has 0 radical (unpaired) electrons. The second-order valence-corrected chi connectivity index (χ2v) is 6.52. The Morgan fingerprint density at radius 3 is 2.92 bits per heavy atom. The number of hydrogen-bond acceptors (Lipinski definition) is 5. The maximum absolute atomic E-state index is 4.80. The van der Waals surface area contributed by atoms with Crippen LogP contribution in [0.1, 0.15) is 41.7 Å². The Bertz CT molecular complexity index is 871. The molecule has 0 saturated heterocycles. The zero-order valence-electron chi connectivity index (χ0n) is 14.6. The normalized spacial score (nSPS) is 16.6. The molecule has 4 rings (SSSR count). The van der Waals surface area contributed by atoms with Gasteiger partial charge >= 0.3 is 0 Å². The molecule has 0 saturated carbocycles. The predicted octanol–water partition coefficient (Wildman–Crippen LogP) is 2.75. The molecule has 3 heterocycles. The topological polar surface area (TPSA) is 68.5 Å². The van der Waals surface area contributed by atoms with E-state index in [4.69, 9.17) is 4.98 Å². The van der Waals surface area contributed by atoms with Crippen molar-refractivity contribution in [2.45, 2.75) is 38.8 Å². The summed E-state index contributed by atoms with van der Waals surface area (Å²) in [6.07, 6.45) is 10.8. The third-order valence-electron chi connectivity index (χ3n) is 4.95. The summed E-state index contributed by atoms with van der Waals surface area (Å²) >= 11 is 0. The minimum atomic E-state index is 0.293. The van der Waals surface area contributed by atoms with E-state index in [1.807, 2.05) is 37.6 Å². The molecule has 0 spiro atoms. The van der Waals surface area contributed by atoms with Crippen molar-refractivity contribution in [3.63, 3.8) is 0 Å². The summed E-state index contributed by atoms with van der Waals surface area (Å²) in [4.78, 5) is 17.9. The average molecular weight is 334 g/mol. The van der Waals surface area contributed by atoms with Crippen molar-refractivity contribution >= 4 is 0 Å². The van der Waals surface area contributed by atoms with E-state index in [0.717, 1.165) is 48.7 Å². The maximum Gasteiger partial charge on any atom is 0.160 e. The van der Waals surface area contributed by atoms with Gasteiger partial charge in [0.05, 0.1) is 5.69 Å². The molecule has 0 bridgehead atoms. The molecule has 1 N–H and O–H groups in total. The predicted molar refractivity (Wildman–Crippen MR) is 95.7 cm³/mol. The van der Waals surface area contributed by atoms with Gasteiger partial charge in [0.15, 0.2) is 5.82 Å². The van der Waals surface area contributed by atoms with E-state index in [0.29, 0.717) is 6.04 Å². The van der Waals surface area contributed by atoms with Gasteiger partial charge in [-0.2, -0.15) is 0 Å². The highest BCUT2D eigenvalue weighted by atomic mass is 15.1. The van der Waals surface area contributed by atoms with Crippen LogP contribution in [-0.4, -0.2) is 24.5 Å². The van der Waals surface area contributed by atoms with Crippen molar-refractivity contribution in [3.8, 4) is 11.4 Å². The summed E-state index contributed by atoms with van der Waals surface area (Å²) in [5.41, 5.74) is 4.53. The van der Waals surface area contributed by atoms with Crippen molar-refractivity contribution < 1.29 is 0 Å². The smallest absolute Gasteiger partial charge is 0.160 e. The molecule has 3 aromatic rings. The molecule has 0 amide bonds. The molecule has 1 aliphatic rings. The zero-order chi connectivity index (χ0) is 17.2. The number of fused-ring (bicyclic) bond motifs is 1. The van der Waals surface area contributed by atoms with E-state index >= 15 is 0 Å². The van der Waals surface area contributed by atoms with Crippen LogP contribution in [0.3, 0.4) is 0 Å². The SMILES string of the molecule is Cc1ncc(CN[C@H]2CCCc3nc(-c4cccnc4)ncc32)n1C. The Kier molecular flexibility index (Phi) is 4.28. The van der Waals surface area contributed by atoms with Crippen molar-refractivity contribution in [1.29, 1.82) is 0 Å². The van der Waals surface area contributed by atoms with Crippen LogP contribution in [0.15, 0.2) is 36.9 Å². The van der Waals surface area contributed by atoms with Crippen LogP contribution in [0.4, 0.5) is 0 Å². The molecule has 1 atom stereocenters. The minimum Gasteiger partial charge on any atom is -0.334 e. The largest absolute Gasteiger partial charge is 0.334 e. The molecule has 128 valence electrons. The Hall–Kier alpha value is -2.60. The first kappa shape index (κ1) is 15.9. The van der Waals surface area contributed by atoms with E-state index in [9.17, 15) is 0 Å². The van der Waals surface area contributed by atoms with Crippen molar-refractivity contribution in [2.75, 3.05) is 0 Å². The summed E-state index contributed by atoms with van der Waals surface area (Å²) in [6.45, 7) is 2.82. The monoisotopic (exact) mass is 334 g/mol. The van der Waals surface area contributed by atoms with Gasteiger partial charge in [-0.3, -0.25) is 4.98 Å². The van der Waals surface area contributed by atoms with Crippen LogP contribution in [0, 0.1) is 6.92 Å². The van der Waals surface area contributed by atoms with Crippen molar-refractivity contribution in [1.82, 2.24) is 29.8 Å². The number of imidazole rings is 1. The molecule has 0 unspecified atom stereocenters. The summed E-state index contributed by atoms with van der Waals surface area (Å²) in [6, 6.07) is 4.21. The Morgan fingerprint density at radius 2 is 2.16 bits per heavy atom. The third-order valence-corrected chi connectivity index (χ3v) is 4.95. The number of nitrogens with one attached hydrogen (secondary N) is 1. The summed E-state index contributed by atoms with van der Waals surface area (Å²) in [5, 5.41) is 3.65. The molecule has 6 nitrogen and oxygen atoms in total. The number of aromatic nitrogens is 5. The summed E-state index contributed by atoms with van der Waals surface area (Å²) in [5.74, 6) is 1.79. The number of rotatable bonds is 4. The lowest BCUT2D eigenvalue weighted by atomic mass is 9.92. The van der Waals surface area contributed by atoms with Crippen LogP contribution in [0.25, 0.3) is 11.4 Å². The van der Waals surface area contributed by atoms with E-state index in [2.05, 4.69) is 31.9 Å². The van der Waals surface area contributed by atoms with E-state index < -0.39 is 0 Å². The van der Waals surface area contributed by atoms with Crippen molar-refractivity contribution in [2.24, 2.45) is 7.05 Å². The lowest BCUT2D eigenvalue weighted by Crippen LogP contribution is -2.26. The molecule has 6 heteroatoms. The molecule has 0 fully saturated rings. The molecule has 1 aliphatic carbocycles. The average Bonchev–Trinajstić information content (AvgIpc) is 2.98. The number of nitrogens with zero attached hydrogens (tertiary/aromatic N) is 5. The zero-order valence-corrected chi connectivity index (χ0v) is 14.6. The van der Waals surface area contributed by atoms with Crippen LogP contribution in [-0.2, 0) is 20.0 Å². The first-order chi connectivity index (χ1) is 12.2. The minimum absolute atomic E-state index is 0.293. The first-order valence-corrected chi connectivity index (χ1v) is 8.69. The Labute approximate surface area is 147 Å². The van der Waals surface area contributed by atoms with Gasteiger partial charge in [0.2, 0.25) is 0 Å². The fraction of sp³-hybridized carbons (Fsp3) is 0.368. The standard InChI is InChI=1S/C19H22N6/c1-13-21-10-15(25(13)2)11-22-17-6-3-7-18-16(17)12-23-19(24-18)14-5-4-8-20-9-14/h4-5,8-10,12,17,22H,3,6-7,11H2,1-2H3/t17-/m0/s1. The van der Waals surface area contributed by atoms with Gasteiger partial charge in [0.25, 0.3) is 0 Å². The van der Waals surface area contributed by atoms with E-state index in [-0.39, 0.29) is 0 Å². The maximum atomic E-state index is 4.80. The van der Waals surface area contributed by atoms with Gasteiger partial charge < -0.3 is 9.88 Å². The van der Waals surface area contributed by atoms with Gasteiger partial charge in [-0.15, -0.1) is 0 Å². The summed E-state index contributed by atoms with van der Waals surface area (Å²) < 4.78 is 2.12. The third kappa shape index (κ3) is 3.17. The summed E-state index contributed by atoms with van der Waals surface area (Å²) in [7, 11) is 2.05. The lowest BCUT2D eigenvalue weighted by molar-refractivity contribution is 0.446. The molecule has 0 aromatic carbocycles. The Balaban J connectivity index is 1.55. The van der Waals surface area contributed by atoms with Crippen LogP contribution in [0.5, 0.6) is 0 Å². The van der Waals surface area contributed by atoms with Crippen LogP contribution in [0.2, 0.25) is 0 Å². The van der Waals surface area contributed by atoms with Gasteiger partial charge in [0.1, 0.15) is 5.82 Å². The first-order valence-electron chi connectivity index (χ1n) is 8.69. The second kappa shape index (κ2) is 6.72. The molecule has 25 heavy (non-hydrogen) atoms. The molecular weight excluding hydrogens is 312 g/mol. The highest BCUT2D eigenvalue weighted by molar-refractivity contribution is 5.53. The van der Waals surface area contributed by atoms with Gasteiger partial charge in [0, 0.05) is 61.2 Å². The number of hydrogen-bond donors (Lipinski definition) is 1. The molecular formula is C19H22N6. The highest BCUT2D eigenvalue weighted by Gasteiger charge is 2.22. The van der Waals surface area contributed by atoms with Crippen LogP contribution < -0.4 is 5.32 Å². The van der Waals surface area contributed by atoms with Crippen molar-refractivity contribution in [3.05, 3.63) is 59.7 Å². The highest BCUT2D eigenvalue weighted by Crippen LogP contribution is 2.29. The second-order valence-electron chi connectivity index (χ2n) is 6.52. The van der Waals surface area contributed by atoms with Gasteiger partial charge in [-0.05, 0) is 38.3 Å². The number of aryl methyl sites for hydroxylation is 2. The van der Waals surface area contributed by atoms with Crippen LogP contribution >= 0.6 is 0 Å². The fourth-order valence-corrected chi connectivity index (χ4v) is 3.33. The Morgan fingerprint density at radius 1 is 1.24 bits per heavy atom. The lowest BCUT2D eigenvalue weighted by Gasteiger charge is -2.25. The van der Waals surface area contributed by atoms with Gasteiger partial charge in [-0.25, -0.2) is 15.0 Å². The van der Waals surface area contributed by atoms with E-state index in [1.54, 1.807) is 6.20 Å². The van der Waals surface area contributed by atoms with Gasteiger partial charge in [-0.1, -0.05) is 0 Å². The quantitative estimate of drug-likeness (QED) is 0.794. The van der Waals surface area contributed by atoms with E-state index in [1.165, 1.54) is 11.3 Å².